The Morgan fingerprint density at radius 2 is 1.63 bits per heavy atom. The largest absolute Gasteiger partial charge is 0.330 e. The van der Waals surface area contributed by atoms with Crippen molar-refractivity contribution in [3.63, 3.8) is 0 Å². The number of rotatable bonds is 4. The van der Waals surface area contributed by atoms with E-state index in [9.17, 15) is 4.79 Å². The summed E-state index contributed by atoms with van der Waals surface area (Å²) >= 11 is 0. The van der Waals surface area contributed by atoms with Gasteiger partial charge in [0.1, 0.15) is 5.78 Å². The maximum absolute atomic E-state index is 10.7. The second kappa shape index (κ2) is 17.3. The number of hydrogen-bond donors (Lipinski definition) is 2. The van der Waals surface area contributed by atoms with Crippen LogP contribution < -0.4 is 11.5 Å². The van der Waals surface area contributed by atoms with E-state index in [0.717, 1.165) is 19.4 Å². The second-order valence-corrected chi connectivity index (χ2v) is 4.80. The first-order valence-electron chi connectivity index (χ1n) is 7.44. The lowest BCUT2D eigenvalue weighted by Gasteiger charge is -2.03. The van der Waals surface area contributed by atoms with E-state index in [0.29, 0.717) is 6.54 Å². The number of allylic oxidation sites excluding steroid dienone is 1. The van der Waals surface area contributed by atoms with E-state index in [1.807, 2.05) is 6.92 Å². The molecule has 0 radical (unpaired) electrons. The molecular formula is C16H36N2O. The fraction of sp³-hybridized carbons (Fsp3) is 0.812. The average molecular weight is 272 g/mol. The molecule has 19 heavy (non-hydrogen) atoms. The summed E-state index contributed by atoms with van der Waals surface area (Å²) < 4.78 is 0. The first kappa shape index (κ1) is 23.4. The van der Waals surface area contributed by atoms with Gasteiger partial charge in [0.25, 0.3) is 0 Å². The predicted molar refractivity (Wildman–Crippen MR) is 87.2 cm³/mol. The minimum Gasteiger partial charge on any atom is -0.330 e. The highest BCUT2D eigenvalue weighted by Gasteiger charge is 2.45. The number of Topliss-reactive ketones (excluding diaryl/α,β-unsaturated/α-hetero) is 1. The Balaban J connectivity index is -0.000000202. The number of nitrogens with two attached hydrogens (primary N) is 2. The van der Waals surface area contributed by atoms with Crippen LogP contribution in [0.5, 0.6) is 0 Å². The van der Waals surface area contributed by atoms with Gasteiger partial charge >= 0.3 is 0 Å². The molecule has 0 atom stereocenters. The van der Waals surface area contributed by atoms with E-state index >= 15 is 0 Å². The van der Waals surface area contributed by atoms with Crippen LogP contribution in [0.25, 0.3) is 0 Å². The number of hydrogen-bond acceptors (Lipinski definition) is 3. The van der Waals surface area contributed by atoms with Crippen LogP contribution in [0.1, 0.15) is 66.7 Å². The van der Waals surface area contributed by atoms with Crippen LogP contribution in [0.15, 0.2) is 12.7 Å². The van der Waals surface area contributed by atoms with Crippen molar-refractivity contribution in [2.75, 3.05) is 13.1 Å². The van der Waals surface area contributed by atoms with Gasteiger partial charge in [-0.1, -0.05) is 39.7 Å². The van der Waals surface area contributed by atoms with Crippen LogP contribution in [0, 0.1) is 5.41 Å². The Morgan fingerprint density at radius 1 is 1.26 bits per heavy atom. The van der Waals surface area contributed by atoms with Crippen molar-refractivity contribution in [3.8, 4) is 0 Å². The van der Waals surface area contributed by atoms with Crippen LogP contribution >= 0.6 is 0 Å². The summed E-state index contributed by atoms with van der Waals surface area (Å²) in [6.07, 6.45) is 7.41. The zero-order valence-corrected chi connectivity index (χ0v) is 13.8. The van der Waals surface area contributed by atoms with Gasteiger partial charge in [0.15, 0.2) is 0 Å². The minimum absolute atomic E-state index is 0.0694. The van der Waals surface area contributed by atoms with Gasteiger partial charge in [-0.15, -0.1) is 6.58 Å². The van der Waals surface area contributed by atoms with E-state index in [-0.39, 0.29) is 11.2 Å². The van der Waals surface area contributed by atoms with E-state index in [1.165, 1.54) is 19.3 Å². The van der Waals surface area contributed by atoms with Gasteiger partial charge in [0.05, 0.1) is 0 Å². The third kappa shape index (κ3) is 17.3. The lowest BCUT2D eigenvalue weighted by atomic mass is 10.0. The van der Waals surface area contributed by atoms with Crippen molar-refractivity contribution in [3.05, 3.63) is 12.7 Å². The molecule has 3 heteroatoms. The second-order valence-electron chi connectivity index (χ2n) is 4.80. The molecule has 1 saturated carbocycles. The Kier molecular flexibility index (Phi) is 21.4. The quantitative estimate of drug-likeness (QED) is 0.767. The number of carbonyl (C=O) groups is 1. The molecule has 0 unspecified atom stereocenters. The molecule has 0 aliphatic heterocycles. The average Bonchev–Trinajstić information content (AvgIpc) is 3.13. The first-order valence-corrected chi connectivity index (χ1v) is 7.44. The number of carbonyl (C=O) groups excluding carboxylic acids is 1. The van der Waals surface area contributed by atoms with Crippen LogP contribution in [-0.4, -0.2) is 18.9 Å². The van der Waals surface area contributed by atoms with Gasteiger partial charge in [-0.25, -0.2) is 0 Å². The van der Waals surface area contributed by atoms with Gasteiger partial charge in [0.2, 0.25) is 0 Å². The number of ketones is 1. The van der Waals surface area contributed by atoms with Crippen LogP contribution in [0.3, 0.4) is 0 Å². The molecule has 0 heterocycles. The summed E-state index contributed by atoms with van der Waals surface area (Å²) in [6, 6.07) is 0. The Labute approximate surface area is 120 Å². The summed E-state index contributed by atoms with van der Waals surface area (Å²) in [7, 11) is 0. The van der Waals surface area contributed by atoms with E-state index in [4.69, 9.17) is 11.5 Å². The molecule has 3 nitrogen and oxygen atoms in total. The smallest absolute Gasteiger partial charge is 0.137 e. The fourth-order valence-electron chi connectivity index (χ4n) is 1.05. The number of unbranched alkanes of at least 4 members (excludes halogenated alkanes) is 1. The van der Waals surface area contributed by atoms with E-state index in [2.05, 4.69) is 27.4 Å². The fourth-order valence-corrected chi connectivity index (χ4v) is 1.05. The molecule has 0 aromatic heterocycles. The molecule has 116 valence electrons. The summed E-state index contributed by atoms with van der Waals surface area (Å²) in [6.45, 7) is 14.6. The van der Waals surface area contributed by atoms with Gasteiger partial charge < -0.3 is 11.5 Å². The van der Waals surface area contributed by atoms with E-state index in [1.54, 1.807) is 13.0 Å². The lowest BCUT2D eigenvalue weighted by molar-refractivity contribution is -0.121. The Hall–Kier alpha value is -0.670. The van der Waals surface area contributed by atoms with Crippen molar-refractivity contribution >= 4 is 5.78 Å². The molecule has 0 aromatic carbocycles. The Bertz CT molecular complexity index is 197. The van der Waals surface area contributed by atoms with Crippen LogP contribution in [-0.2, 0) is 4.79 Å². The lowest BCUT2D eigenvalue weighted by Crippen LogP contribution is -2.22. The molecule has 1 aliphatic rings. The molecule has 4 N–H and O–H groups in total. The topological polar surface area (TPSA) is 69.1 Å². The monoisotopic (exact) mass is 272 g/mol. The zero-order chi connectivity index (χ0) is 15.7. The minimum atomic E-state index is -0.0694. The molecule has 0 spiro atoms. The van der Waals surface area contributed by atoms with Crippen molar-refractivity contribution in [1.29, 1.82) is 0 Å². The molecule has 1 fully saturated rings. The Morgan fingerprint density at radius 3 is 1.63 bits per heavy atom. The van der Waals surface area contributed by atoms with Crippen molar-refractivity contribution < 1.29 is 4.79 Å². The molecule has 1 rings (SSSR count). The van der Waals surface area contributed by atoms with E-state index < -0.39 is 0 Å². The summed E-state index contributed by atoms with van der Waals surface area (Å²) in [5.41, 5.74) is 10.4. The highest BCUT2D eigenvalue weighted by Crippen LogP contribution is 2.44. The van der Waals surface area contributed by atoms with Crippen molar-refractivity contribution in [1.82, 2.24) is 0 Å². The van der Waals surface area contributed by atoms with Gasteiger partial charge in [-0.2, -0.15) is 0 Å². The molecule has 0 amide bonds. The zero-order valence-electron chi connectivity index (χ0n) is 13.8. The van der Waals surface area contributed by atoms with Gasteiger partial charge in [-0.05, 0) is 39.7 Å². The molecule has 1 aliphatic carbocycles. The van der Waals surface area contributed by atoms with Gasteiger partial charge in [0, 0.05) is 12.0 Å². The molecular weight excluding hydrogens is 236 g/mol. The molecule has 0 saturated heterocycles. The highest BCUT2D eigenvalue weighted by atomic mass is 16.1. The normalized spacial score (nSPS) is 13.4. The molecule has 0 bridgehead atoms. The summed E-state index contributed by atoms with van der Waals surface area (Å²) in [4.78, 5) is 10.7. The molecule has 0 aromatic rings. The van der Waals surface area contributed by atoms with Crippen LogP contribution in [0.2, 0.25) is 0 Å². The summed E-state index contributed by atoms with van der Waals surface area (Å²) in [5.74, 6) is 0.264. The predicted octanol–water partition coefficient (Wildman–Crippen LogP) is 3.67. The van der Waals surface area contributed by atoms with Crippen molar-refractivity contribution in [2.45, 2.75) is 66.7 Å². The maximum atomic E-state index is 10.7. The maximum Gasteiger partial charge on any atom is 0.137 e. The van der Waals surface area contributed by atoms with Gasteiger partial charge in [-0.3, -0.25) is 4.79 Å². The first-order chi connectivity index (χ1) is 8.95. The SMILES string of the molecule is C=CC.CC(=O)C1(CN)CC1.CCC.CCCCN. The summed E-state index contributed by atoms with van der Waals surface area (Å²) in [5, 5.41) is 0. The highest BCUT2D eigenvalue weighted by molar-refractivity contribution is 5.85. The third-order valence-corrected chi connectivity index (χ3v) is 2.55. The third-order valence-electron chi connectivity index (χ3n) is 2.55. The standard InChI is InChI=1S/C6H11NO.C4H11N.C3H8.C3H6/c1-5(8)6(4-7)2-3-6;1-2-3-4-5;2*1-3-2/h2-4,7H2,1H3;2-5H2,1H3;3H2,1-2H3;3H,1H2,2H3. The van der Waals surface area contributed by atoms with Crippen molar-refractivity contribution in [2.24, 2.45) is 16.9 Å². The van der Waals surface area contributed by atoms with Crippen LogP contribution in [0.4, 0.5) is 0 Å².